The third-order valence-electron chi connectivity index (χ3n) is 4.94. The van der Waals surface area contributed by atoms with Crippen LogP contribution in [0.5, 0.6) is 5.75 Å². The first-order valence-electron chi connectivity index (χ1n) is 9.93. The predicted molar refractivity (Wildman–Crippen MR) is 114 cm³/mol. The van der Waals surface area contributed by atoms with E-state index in [0.29, 0.717) is 29.7 Å². The van der Waals surface area contributed by atoms with Gasteiger partial charge in [0.05, 0.1) is 7.11 Å². The van der Waals surface area contributed by atoms with Gasteiger partial charge < -0.3 is 19.1 Å². The minimum Gasteiger partial charge on any atom is -0.496 e. The maximum atomic E-state index is 12.8. The van der Waals surface area contributed by atoms with Crippen molar-refractivity contribution in [2.45, 2.75) is 18.9 Å². The van der Waals surface area contributed by atoms with Crippen LogP contribution in [0.1, 0.15) is 29.7 Å². The van der Waals surface area contributed by atoms with Gasteiger partial charge in [-0.05, 0) is 6.07 Å². The fourth-order valence-electron chi connectivity index (χ4n) is 3.36. The van der Waals surface area contributed by atoms with Crippen molar-refractivity contribution in [1.29, 1.82) is 0 Å². The first-order chi connectivity index (χ1) is 15.2. The summed E-state index contributed by atoms with van der Waals surface area (Å²) in [6.07, 6.45) is 4.08. The third-order valence-corrected chi connectivity index (χ3v) is 4.94. The molecule has 0 bridgehead atoms. The summed E-state index contributed by atoms with van der Waals surface area (Å²) in [4.78, 5) is 21.6. The molecule has 0 spiro atoms. The van der Waals surface area contributed by atoms with Gasteiger partial charge in [0, 0.05) is 43.4 Å². The van der Waals surface area contributed by atoms with Crippen molar-refractivity contribution in [3.63, 3.8) is 0 Å². The quantitative estimate of drug-likeness (QED) is 0.473. The van der Waals surface area contributed by atoms with Crippen molar-refractivity contribution in [2.24, 2.45) is 7.05 Å². The average molecular weight is 417 g/mol. The van der Waals surface area contributed by atoms with Gasteiger partial charge in [-0.2, -0.15) is 4.98 Å². The minimum atomic E-state index is -0.453. The molecule has 0 saturated carbocycles. The zero-order valence-electron chi connectivity index (χ0n) is 17.4. The molecule has 8 nitrogen and oxygen atoms in total. The summed E-state index contributed by atoms with van der Waals surface area (Å²) < 4.78 is 12.7. The highest BCUT2D eigenvalue weighted by molar-refractivity contribution is 5.77. The van der Waals surface area contributed by atoms with Crippen LogP contribution in [-0.2, 0) is 18.3 Å². The third kappa shape index (κ3) is 4.63. The first-order valence-corrected chi connectivity index (χ1v) is 9.93. The molecule has 0 aliphatic rings. The molecule has 2 heterocycles. The van der Waals surface area contributed by atoms with E-state index in [9.17, 15) is 4.79 Å². The molecule has 4 rings (SSSR count). The highest BCUT2D eigenvalue weighted by atomic mass is 16.5. The fourth-order valence-corrected chi connectivity index (χ4v) is 3.36. The number of hydrogen-bond donors (Lipinski definition) is 1. The van der Waals surface area contributed by atoms with Gasteiger partial charge in [0.15, 0.2) is 0 Å². The van der Waals surface area contributed by atoms with E-state index in [0.717, 1.165) is 11.1 Å². The lowest BCUT2D eigenvalue weighted by atomic mass is 10.0. The van der Waals surface area contributed by atoms with E-state index in [1.807, 2.05) is 72.4 Å². The molecule has 158 valence electrons. The number of amides is 1. The number of aromatic nitrogens is 4. The zero-order valence-corrected chi connectivity index (χ0v) is 17.4. The predicted octanol–water partition coefficient (Wildman–Crippen LogP) is 3.32. The van der Waals surface area contributed by atoms with Gasteiger partial charge in [-0.3, -0.25) is 4.79 Å². The number of imidazole rings is 1. The number of carbonyl (C=O) groups is 1. The van der Waals surface area contributed by atoms with Crippen LogP contribution in [0.3, 0.4) is 0 Å². The minimum absolute atomic E-state index is 0.154. The van der Waals surface area contributed by atoms with Gasteiger partial charge >= 0.3 is 0 Å². The van der Waals surface area contributed by atoms with Crippen LogP contribution in [0.2, 0.25) is 0 Å². The standard InChI is InChI=1S/C23H23N5O3/c1-28-15-14-24-23(28)21(17-10-6-7-11-18(17)30-2)25-19(29)12-13-20-26-22(27-31-20)16-8-4-3-5-9-16/h3-11,14-15,21H,12-13H2,1-2H3,(H,25,29). The molecule has 31 heavy (non-hydrogen) atoms. The largest absolute Gasteiger partial charge is 0.496 e. The Hall–Kier alpha value is -3.94. The lowest BCUT2D eigenvalue weighted by molar-refractivity contribution is -0.121. The summed E-state index contributed by atoms with van der Waals surface area (Å²) in [5, 5.41) is 7.07. The number of aryl methyl sites for hydroxylation is 2. The molecular weight excluding hydrogens is 394 g/mol. The molecule has 0 saturated heterocycles. The molecule has 0 fully saturated rings. The van der Waals surface area contributed by atoms with Crippen LogP contribution < -0.4 is 10.1 Å². The van der Waals surface area contributed by atoms with Crippen molar-refractivity contribution in [3.05, 3.63) is 84.3 Å². The van der Waals surface area contributed by atoms with Gasteiger partial charge in [-0.25, -0.2) is 4.98 Å². The average Bonchev–Trinajstić information content (AvgIpc) is 3.46. The number of rotatable bonds is 8. The molecule has 2 aromatic carbocycles. The molecule has 1 unspecified atom stereocenters. The van der Waals surface area contributed by atoms with Crippen LogP contribution in [0.25, 0.3) is 11.4 Å². The van der Waals surface area contributed by atoms with Gasteiger partial charge in [0.25, 0.3) is 0 Å². The van der Waals surface area contributed by atoms with Gasteiger partial charge in [0.1, 0.15) is 17.6 Å². The normalized spacial score (nSPS) is 11.8. The van der Waals surface area contributed by atoms with Crippen molar-refractivity contribution in [2.75, 3.05) is 7.11 Å². The van der Waals surface area contributed by atoms with E-state index in [1.165, 1.54) is 0 Å². The molecule has 4 aromatic rings. The van der Waals surface area contributed by atoms with Gasteiger partial charge in [0.2, 0.25) is 17.6 Å². The molecule has 0 radical (unpaired) electrons. The van der Waals surface area contributed by atoms with Gasteiger partial charge in [-0.1, -0.05) is 53.7 Å². The Morgan fingerprint density at radius 3 is 2.68 bits per heavy atom. The SMILES string of the molecule is COc1ccccc1C(NC(=O)CCc1nc(-c2ccccc2)no1)c1nccn1C. The lowest BCUT2D eigenvalue weighted by Gasteiger charge is -2.21. The number of benzene rings is 2. The number of nitrogens with one attached hydrogen (secondary N) is 1. The van der Waals surface area contributed by atoms with Crippen LogP contribution in [0, 0.1) is 0 Å². The molecular formula is C23H23N5O3. The van der Waals surface area contributed by atoms with Crippen molar-refractivity contribution in [3.8, 4) is 17.1 Å². The Labute approximate surface area is 179 Å². The molecule has 1 N–H and O–H groups in total. The highest BCUT2D eigenvalue weighted by Crippen LogP contribution is 2.29. The number of ether oxygens (including phenoxy) is 1. The maximum Gasteiger partial charge on any atom is 0.227 e. The summed E-state index contributed by atoms with van der Waals surface area (Å²) in [6.45, 7) is 0. The molecule has 0 aliphatic carbocycles. The maximum absolute atomic E-state index is 12.8. The van der Waals surface area contributed by atoms with Crippen molar-refractivity contribution in [1.82, 2.24) is 25.0 Å². The van der Waals surface area contributed by atoms with Crippen LogP contribution in [0.15, 0.2) is 71.5 Å². The summed E-state index contributed by atoms with van der Waals surface area (Å²) >= 11 is 0. The summed E-state index contributed by atoms with van der Waals surface area (Å²) in [5.74, 6) is 2.16. The number of methoxy groups -OCH3 is 1. The Bertz CT molecular complexity index is 1150. The van der Waals surface area contributed by atoms with E-state index in [4.69, 9.17) is 9.26 Å². The lowest BCUT2D eigenvalue weighted by Crippen LogP contribution is -2.31. The van der Waals surface area contributed by atoms with E-state index < -0.39 is 6.04 Å². The van der Waals surface area contributed by atoms with E-state index in [2.05, 4.69) is 20.4 Å². The topological polar surface area (TPSA) is 95.1 Å². The van der Waals surface area contributed by atoms with Crippen LogP contribution in [-0.4, -0.2) is 32.7 Å². The zero-order chi connectivity index (χ0) is 21.6. The smallest absolute Gasteiger partial charge is 0.227 e. The monoisotopic (exact) mass is 417 g/mol. The summed E-state index contributed by atoms with van der Waals surface area (Å²) in [5.41, 5.74) is 1.70. The fraction of sp³-hybridized carbons (Fsp3) is 0.217. The summed E-state index contributed by atoms with van der Waals surface area (Å²) in [7, 11) is 3.50. The number of nitrogens with zero attached hydrogens (tertiary/aromatic N) is 4. The second-order valence-corrected chi connectivity index (χ2v) is 7.02. The van der Waals surface area contributed by atoms with E-state index >= 15 is 0 Å². The second-order valence-electron chi connectivity index (χ2n) is 7.02. The Morgan fingerprint density at radius 2 is 1.94 bits per heavy atom. The highest BCUT2D eigenvalue weighted by Gasteiger charge is 2.24. The number of hydrogen-bond acceptors (Lipinski definition) is 6. The van der Waals surface area contributed by atoms with Crippen LogP contribution in [0.4, 0.5) is 0 Å². The summed E-state index contributed by atoms with van der Waals surface area (Å²) in [6, 6.07) is 16.7. The van der Waals surface area contributed by atoms with Crippen molar-refractivity contribution >= 4 is 5.91 Å². The molecule has 8 heteroatoms. The molecule has 1 amide bonds. The number of para-hydroxylation sites is 1. The van der Waals surface area contributed by atoms with E-state index in [1.54, 1.807) is 13.3 Å². The van der Waals surface area contributed by atoms with Crippen molar-refractivity contribution < 1.29 is 14.1 Å². The molecule has 2 aromatic heterocycles. The Morgan fingerprint density at radius 1 is 1.16 bits per heavy atom. The molecule has 1 atom stereocenters. The van der Waals surface area contributed by atoms with Gasteiger partial charge in [-0.15, -0.1) is 0 Å². The van der Waals surface area contributed by atoms with E-state index in [-0.39, 0.29) is 12.3 Å². The Balaban J connectivity index is 1.47. The van der Waals surface area contributed by atoms with Crippen LogP contribution >= 0.6 is 0 Å². The molecule has 0 aliphatic heterocycles. The number of carbonyl (C=O) groups excluding carboxylic acids is 1. The second kappa shape index (κ2) is 9.25. The first kappa shape index (κ1) is 20.3. The Kier molecular flexibility index (Phi) is 6.07.